The van der Waals surface area contributed by atoms with E-state index in [2.05, 4.69) is 15.2 Å². The fraction of sp³-hybridized carbons (Fsp3) is 0.0714. The van der Waals surface area contributed by atoms with Crippen molar-refractivity contribution in [2.75, 3.05) is 5.73 Å². The van der Waals surface area contributed by atoms with Gasteiger partial charge in [0.2, 0.25) is 0 Å². The number of thiazole rings is 1. The molecule has 5 nitrogen and oxygen atoms in total. The summed E-state index contributed by atoms with van der Waals surface area (Å²) in [4.78, 5) is 16.6. The van der Waals surface area contributed by atoms with Crippen molar-refractivity contribution in [2.45, 2.75) is 6.42 Å². The standard InChI is InChI=1S/C14H12N4OS/c15-14-10(7-16-18-14)12(19)6-13-17-11(8-20-13)9-4-2-1-3-5-9/h1-5,7-8H,6H2,(H3,15,16,18). The summed E-state index contributed by atoms with van der Waals surface area (Å²) in [6, 6.07) is 9.88. The van der Waals surface area contributed by atoms with Crippen LogP contribution < -0.4 is 5.73 Å². The Morgan fingerprint density at radius 3 is 2.80 bits per heavy atom. The second-order valence-corrected chi connectivity index (χ2v) is 5.23. The van der Waals surface area contributed by atoms with E-state index < -0.39 is 0 Å². The van der Waals surface area contributed by atoms with E-state index in [1.807, 2.05) is 35.7 Å². The summed E-state index contributed by atoms with van der Waals surface area (Å²) in [7, 11) is 0. The van der Waals surface area contributed by atoms with Crippen LogP contribution in [0.3, 0.4) is 0 Å². The summed E-state index contributed by atoms with van der Waals surface area (Å²) < 4.78 is 0. The molecule has 0 radical (unpaired) electrons. The maximum Gasteiger partial charge on any atom is 0.174 e. The minimum absolute atomic E-state index is 0.0785. The molecule has 1 aromatic carbocycles. The molecule has 0 spiro atoms. The number of Topliss-reactive ketones (excluding diaryl/α,β-unsaturated/α-hetero) is 1. The molecule has 0 atom stereocenters. The number of nitrogens with one attached hydrogen (secondary N) is 1. The number of hydrogen-bond acceptors (Lipinski definition) is 5. The van der Waals surface area contributed by atoms with Crippen molar-refractivity contribution in [1.82, 2.24) is 15.2 Å². The number of nitrogens with zero attached hydrogens (tertiary/aromatic N) is 2. The third-order valence-electron chi connectivity index (χ3n) is 2.90. The maximum atomic E-state index is 12.1. The molecule has 0 amide bonds. The second-order valence-electron chi connectivity index (χ2n) is 4.29. The molecule has 2 heterocycles. The first kappa shape index (κ1) is 12.6. The number of H-pyrrole nitrogens is 1. The molecule has 0 bridgehead atoms. The third-order valence-corrected chi connectivity index (χ3v) is 3.75. The van der Waals surface area contributed by atoms with Crippen LogP contribution in [0.25, 0.3) is 11.3 Å². The van der Waals surface area contributed by atoms with E-state index in [0.717, 1.165) is 16.3 Å². The summed E-state index contributed by atoms with van der Waals surface area (Å²) in [5.74, 6) is 0.222. The monoisotopic (exact) mass is 284 g/mol. The number of nitrogen functional groups attached to an aromatic ring is 1. The lowest BCUT2D eigenvalue weighted by Gasteiger charge is -1.96. The zero-order valence-electron chi connectivity index (χ0n) is 10.5. The molecule has 3 rings (SSSR count). The summed E-state index contributed by atoms with van der Waals surface area (Å²) in [6.07, 6.45) is 1.69. The van der Waals surface area contributed by atoms with Gasteiger partial charge in [0.05, 0.1) is 23.9 Å². The number of ketones is 1. The smallest absolute Gasteiger partial charge is 0.174 e. The molecule has 3 N–H and O–H groups in total. The van der Waals surface area contributed by atoms with Crippen LogP contribution in [0.2, 0.25) is 0 Å². The number of anilines is 1. The topological polar surface area (TPSA) is 84.7 Å². The van der Waals surface area contributed by atoms with Crippen LogP contribution in [0.15, 0.2) is 41.9 Å². The zero-order chi connectivity index (χ0) is 13.9. The molecule has 0 saturated carbocycles. The highest BCUT2D eigenvalue weighted by Crippen LogP contribution is 2.22. The lowest BCUT2D eigenvalue weighted by Crippen LogP contribution is -2.05. The number of benzene rings is 1. The van der Waals surface area contributed by atoms with Gasteiger partial charge in [0.25, 0.3) is 0 Å². The first-order valence-corrected chi connectivity index (χ1v) is 6.94. The van der Waals surface area contributed by atoms with E-state index in [0.29, 0.717) is 11.4 Å². The Balaban J connectivity index is 1.78. The Morgan fingerprint density at radius 1 is 1.30 bits per heavy atom. The Kier molecular flexibility index (Phi) is 3.30. The van der Waals surface area contributed by atoms with Crippen molar-refractivity contribution in [3.8, 4) is 11.3 Å². The summed E-state index contributed by atoms with van der Waals surface area (Å²) in [5, 5.41) is 9.03. The van der Waals surface area contributed by atoms with E-state index in [-0.39, 0.29) is 12.2 Å². The average Bonchev–Trinajstić information content (AvgIpc) is 3.09. The molecule has 100 valence electrons. The number of aromatic amines is 1. The van der Waals surface area contributed by atoms with E-state index in [4.69, 9.17) is 5.73 Å². The third kappa shape index (κ3) is 2.46. The number of hydrogen-bond donors (Lipinski definition) is 2. The van der Waals surface area contributed by atoms with E-state index in [1.54, 1.807) is 0 Å². The quantitative estimate of drug-likeness (QED) is 0.721. The van der Waals surface area contributed by atoms with Crippen molar-refractivity contribution in [1.29, 1.82) is 0 Å². The molecule has 0 aliphatic heterocycles. The van der Waals surface area contributed by atoms with E-state index in [9.17, 15) is 4.79 Å². The van der Waals surface area contributed by atoms with Crippen molar-refractivity contribution in [3.05, 3.63) is 52.5 Å². The number of nitrogens with two attached hydrogens (primary N) is 1. The number of carbonyl (C=O) groups excluding carboxylic acids is 1. The molecule has 0 aliphatic rings. The van der Waals surface area contributed by atoms with Crippen LogP contribution in [-0.2, 0) is 6.42 Å². The first-order chi connectivity index (χ1) is 9.74. The van der Waals surface area contributed by atoms with Gasteiger partial charge in [-0.2, -0.15) is 5.10 Å². The van der Waals surface area contributed by atoms with Gasteiger partial charge in [-0.3, -0.25) is 9.89 Å². The SMILES string of the molecule is Nc1[nH]ncc1C(=O)Cc1nc(-c2ccccc2)cs1. The lowest BCUT2D eigenvalue weighted by atomic mass is 10.1. The molecule has 0 fully saturated rings. The summed E-state index contributed by atoms with van der Waals surface area (Å²) in [5.41, 5.74) is 7.99. The summed E-state index contributed by atoms with van der Waals surface area (Å²) >= 11 is 1.47. The van der Waals surface area contributed by atoms with Crippen LogP contribution >= 0.6 is 11.3 Å². The number of carbonyl (C=O) groups is 1. The van der Waals surface area contributed by atoms with Gasteiger partial charge in [0, 0.05) is 10.9 Å². The highest BCUT2D eigenvalue weighted by Gasteiger charge is 2.14. The molecule has 6 heteroatoms. The van der Waals surface area contributed by atoms with Crippen LogP contribution in [0.4, 0.5) is 5.82 Å². The predicted octanol–water partition coefficient (Wildman–Crippen LogP) is 2.54. The average molecular weight is 284 g/mol. The van der Waals surface area contributed by atoms with Crippen molar-refractivity contribution in [2.24, 2.45) is 0 Å². The van der Waals surface area contributed by atoms with Gasteiger partial charge in [0.15, 0.2) is 5.78 Å². The van der Waals surface area contributed by atoms with Crippen molar-refractivity contribution < 1.29 is 4.79 Å². The van der Waals surface area contributed by atoms with E-state index in [1.165, 1.54) is 17.5 Å². The second kappa shape index (κ2) is 5.26. The predicted molar refractivity (Wildman–Crippen MR) is 78.6 cm³/mol. The van der Waals surface area contributed by atoms with Gasteiger partial charge >= 0.3 is 0 Å². The Hall–Kier alpha value is -2.47. The first-order valence-electron chi connectivity index (χ1n) is 6.06. The van der Waals surface area contributed by atoms with Crippen LogP contribution in [-0.4, -0.2) is 21.0 Å². The van der Waals surface area contributed by atoms with Gasteiger partial charge in [-0.15, -0.1) is 11.3 Å². The molecule has 2 aromatic heterocycles. The fourth-order valence-corrected chi connectivity index (χ4v) is 2.69. The van der Waals surface area contributed by atoms with Crippen molar-refractivity contribution in [3.63, 3.8) is 0 Å². The molecular formula is C14H12N4OS. The van der Waals surface area contributed by atoms with Crippen LogP contribution in [0, 0.1) is 0 Å². The largest absolute Gasteiger partial charge is 0.383 e. The molecule has 0 unspecified atom stereocenters. The van der Waals surface area contributed by atoms with Crippen molar-refractivity contribution >= 4 is 22.9 Å². The highest BCUT2D eigenvalue weighted by molar-refractivity contribution is 7.10. The Labute approximate surface area is 119 Å². The molecule has 0 saturated heterocycles. The number of aromatic nitrogens is 3. The Bertz CT molecular complexity index is 732. The highest BCUT2D eigenvalue weighted by atomic mass is 32.1. The van der Waals surface area contributed by atoms with Gasteiger partial charge in [-0.1, -0.05) is 30.3 Å². The van der Waals surface area contributed by atoms with Crippen LogP contribution in [0.1, 0.15) is 15.4 Å². The zero-order valence-corrected chi connectivity index (χ0v) is 11.4. The van der Waals surface area contributed by atoms with Gasteiger partial charge < -0.3 is 5.73 Å². The minimum Gasteiger partial charge on any atom is -0.383 e. The van der Waals surface area contributed by atoms with Gasteiger partial charge in [0.1, 0.15) is 10.8 Å². The van der Waals surface area contributed by atoms with E-state index >= 15 is 0 Å². The van der Waals surface area contributed by atoms with Crippen LogP contribution in [0.5, 0.6) is 0 Å². The lowest BCUT2D eigenvalue weighted by molar-refractivity contribution is 0.0994. The number of rotatable bonds is 4. The van der Waals surface area contributed by atoms with Gasteiger partial charge in [-0.25, -0.2) is 4.98 Å². The molecule has 20 heavy (non-hydrogen) atoms. The Morgan fingerprint density at radius 2 is 2.10 bits per heavy atom. The molecule has 0 aliphatic carbocycles. The minimum atomic E-state index is -0.0785. The molecule has 3 aromatic rings. The fourth-order valence-electron chi connectivity index (χ4n) is 1.88. The van der Waals surface area contributed by atoms with Gasteiger partial charge in [-0.05, 0) is 0 Å². The maximum absolute atomic E-state index is 12.1. The molecular weight excluding hydrogens is 272 g/mol. The normalized spacial score (nSPS) is 10.6. The summed E-state index contributed by atoms with van der Waals surface area (Å²) in [6.45, 7) is 0.